The molecule has 4 heterocycles. The number of amides is 1. The van der Waals surface area contributed by atoms with E-state index in [4.69, 9.17) is 11.6 Å². The summed E-state index contributed by atoms with van der Waals surface area (Å²) in [5.41, 5.74) is -3.48. The molecule has 0 bridgehead atoms. The molecule has 10 rings (SSSR count). The van der Waals surface area contributed by atoms with E-state index in [0.717, 1.165) is 93.2 Å². The second-order valence-electron chi connectivity index (χ2n) is 24.5. The van der Waals surface area contributed by atoms with Gasteiger partial charge in [0, 0.05) is 86.0 Å². The predicted molar refractivity (Wildman–Crippen MR) is 341 cm³/mol. The first-order chi connectivity index (χ1) is 44.1. The van der Waals surface area contributed by atoms with Crippen molar-refractivity contribution in [2.75, 3.05) is 9.80 Å². The summed E-state index contributed by atoms with van der Waals surface area (Å²) in [4.78, 5) is 47.8. The molecule has 4 aromatic carbocycles. The number of hydrogen-bond donors (Lipinski definition) is 1. The zero-order valence-electron chi connectivity index (χ0n) is 51.4. The fourth-order valence-electron chi connectivity index (χ4n) is 13.2. The molecule has 504 valence electrons. The third-order valence-electron chi connectivity index (χ3n) is 17.8. The molecule has 6 atom stereocenters. The number of likely N-dealkylation sites (tertiary alicyclic amines) is 1. The topological polar surface area (TPSA) is 107 Å². The van der Waals surface area contributed by atoms with Crippen LogP contribution in [0.15, 0.2) is 131 Å². The molecule has 4 aliphatic rings. The highest BCUT2D eigenvalue weighted by molar-refractivity contribution is 9.10. The van der Waals surface area contributed by atoms with E-state index in [2.05, 4.69) is 57.1 Å². The van der Waals surface area contributed by atoms with Crippen LogP contribution in [0.4, 0.5) is 64.6 Å². The summed E-state index contributed by atoms with van der Waals surface area (Å²) in [5.74, 6) is 0.721. The van der Waals surface area contributed by atoms with Crippen LogP contribution in [0, 0.1) is 11.8 Å². The van der Waals surface area contributed by atoms with Gasteiger partial charge in [0.25, 0.3) is 0 Å². The molecule has 6 aromatic rings. The number of anilines is 2. The summed E-state index contributed by atoms with van der Waals surface area (Å²) in [6, 6.07) is 22.3. The lowest BCUT2D eigenvalue weighted by atomic mass is 9.82. The number of rotatable bonds is 16. The first-order valence-electron chi connectivity index (χ1n) is 31.5. The molecule has 2 saturated carbocycles. The van der Waals surface area contributed by atoms with E-state index in [9.17, 15) is 62.3 Å². The molecule has 25 heteroatoms. The Kier molecular flexibility index (Phi) is 25.7. The number of carbonyl (C=O) groups is 2. The van der Waals surface area contributed by atoms with Crippen molar-refractivity contribution < 1.29 is 62.3 Å². The van der Waals surface area contributed by atoms with Gasteiger partial charge in [-0.05, 0) is 179 Å². The largest absolute Gasteiger partial charge is 0.416 e. The molecule has 10 nitrogen and oxygen atoms in total. The number of nitrogens with zero attached hydrogens (tertiary/aromatic N) is 7. The second kappa shape index (κ2) is 32.7. The first-order valence-corrected chi connectivity index (χ1v) is 33.4. The first kappa shape index (κ1) is 73.0. The van der Waals surface area contributed by atoms with Gasteiger partial charge < -0.3 is 20.0 Å². The van der Waals surface area contributed by atoms with E-state index >= 15 is 0 Å². The Morgan fingerprint density at radius 2 is 0.871 bits per heavy atom. The maximum absolute atomic E-state index is 14.1. The smallest absolute Gasteiger partial charge is 0.336 e. The van der Waals surface area contributed by atoms with Crippen molar-refractivity contribution in [3.05, 3.63) is 175 Å². The minimum Gasteiger partial charge on any atom is -0.336 e. The van der Waals surface area contributed by atoms with Gasteiger partial charge in [0.1, 0.15) is 0 Å². The van der Waals surface area contributed by atoms with Gasteiger partial charge in [-0.25, -0.2) is 19.9 Å². The van der Waals surface area contributed by atoms with Crippen LogP contribution in [0.5, 0.6) is 0 Å². The van der Waals surface area contributed by atoms with E-state index in [1.165, 1.54) is 44.0 Å². The average Bonchev–Trinajstić information content (AvgIpc) is 0.827. The van der Waals surface area contributed by atoms with Crippen LogP contribution in [0.25, 0.3) is 0 Å². The lowest BCUT2D eigenvalue weighted by Gasteiger charge is -2.49. The van der Waals surface area contributed by atoms with E-state index in [0.29, 0.717) is 47.5 Å². The number of hydrogen-bond acceptors (Lipinski definition) is 9. The fourth-order valence-corrected chi connectivity index (χ4v) is 13.9. The normalized spacial score (nSPS) is 21.0. The van der Waals surface area contributed by atoms with Gasteiger partial charge >= 0.3 is 24.7 Å². The summed E-state index contributed by atoms with van der Waals surface area (Å²) in [6.45, 7) is 3.58. The van der Waals surface area contributed by atoms with Crippen molar-refractivity contribution in [3.63, 3.8) is 0 Å². The minimum absolute atomic E-state index is 0.0468. The van der Waals surface area contributed by atoms with Crippen LogP contribution in [0.3, 0.4) is 0 Å². The van der Waals surface area contributed by atoms with Crippen LogP contribution in [0.1, 0.15) is 161 Å². The maximum Gasteiger partial charge on any atom is 0.416 e. The lowest BCUT2D eigenvalue weighted by molar-refractivity contribution is -0.145. The molecule has 0 spiro atoms. The Balaban J connectivity index is 0.000000213. The number of benzene rings is 4. The third-order valence-corrected chi connectivity index (χ3v) is 18.9. The van der Waals surface area contributed by atoms with Gasteiger partial charge in [0.2, 0.25) is 23.0 Å². The lowest BCUT2D eigenvalue weighted by Crippen LogP contribution is -2.59. The van der Waals surface area contributed by atoms with Crippen LogP contribution in [-0.4, -0.2) is 72.2 Å². The monoisotopic (exact) mass is 1460 g/mol. The van der Waals surface area contributed by atoms with Gasteiger partial charge in [0.05, 0.1) is 31.2 Å². The van der Waals surface area contributed by atoms with Gasteiger partial charge in [-0.2, -0.15) is 52.7 Å². The molecule has 2 aliphatic heterocycles. The Hall–Kier alpha value is -5.85. The number of halogens is 15. The van der Waals surface area contributed by atoms with Crippen molar-refractivity contribution in [1.82, 2.24) is 30.2 Å². The van der Waals surface area contributed by atoms with Crippen molar-refractivity contribution in [1.29, 1.82) is 0 Å². The predicted octanol–water partition coefficient (Wildman–Crippen LogP) is 19.0. The molecular formula is C68H75Br2ClF12N8O2. The van der Waals surface area contributed by atoms with Crippen LogP contribution in [0.2, 0.25) is 0 Å². The maximum atomic E-state index is 14.1. The number of nitrogens with one attached hydrogen (secondary N) is 1. The quantitative estimate of drug-likeness (QED) is 0.0749. The van der Waals surface area contributed by atoms with Crippen molar-refractivity contribution in [3.8, 4) is 0 Å². The van der Waals surface area contributed by atoms with Gasteiger partial charge in [-0.1, -0.05) is 113 Å². The van der Waals surface area contributed by atoms with Crippen LogP contribution < -0.4 is 15.1 Å². The zero-order chi connectivity index (χ0) is 67.3. The van der Waals surface area contributed by atoms with Crippen molar-refractivity contribution in [2.45, 2.75) is 203 Å². The summed E-state index contributed by atoms with van der Waals surface area (Å²) in [7, 11) is 0. The number of alkyl halides is 12. The average molecular weight is 1460 g/mol. The standard InChI is InChI=1S/C34H37BrF6N4O.C27H27BrF6N4.C7H11ClO/c1-2-28-17-29(18-30(15-22-9-5-3-6-10-22)45(28)31(46)24-11-7-4-8-12-24)44(32-42-19-27(35)20-43-32)21-23-13-25(33(36,37)38)16-26(14-23)34(39,40)41;1-2-22-12-24(13-23(37-22)10-17-6-4-3-5-7-17)38(25-35-14-21(28)15-36-25)16-18-8-19(26(29,30)31)11-20(9-18)27(32,33)34;8-7(9)6-4-2-1-3-5-6/h3,5-6,9-10,13-14,16,19-20,24,28-30H,2,4,7-8,11-12,15,17-18,21H2,1H3;3-9,11,14-15,22-24,37H,2,10,12-13,16H2,1H3;6H,1-5H2/t28-,29+,30+;22-,23+,24+;/m11./s1. The molecule has 1 amide bonds. The molecule has 4 fully saturated rings. The third kappa shape index (κ3) is 21.1. The molecule has 2 saturated heterocycles. The van der Waals surface area contributed by atoms with Crippen molar-refractivity contribution >= 4 is 66.5 Å². The zero-order valence-corrected chi connectivity index (χ0v) is 55.4. The molecule has 0 radical (unpaired) electrons. The molecule has 1 N–H and O–H groups in total. The van der Waals surface area contributed by atoms with Gasteiger partial charge in [-0.15, -0.1) is 0 Å². The van der Waals surface area contributed by atoms with E-state index in [-0.39, 0.29) is 107 Å². The summed E-state index contributed by atoms with van der Waals surface area (Å²) >= 11 is 11.9. The summed E-state index contributed by atoms with van der Waals surface area (Å²) < 4.78 is 165. The summed E-state index contributed by atoms with van der Waals surface area (Å²) in [5, 5.41) is 3.52. The number of carbonyl (C=O) groups excluding carboxylic acids is 2. The van der Waals surface area contributed by atoms with Gasteiger partial charge in [0.15, 0.2) is 0 Å². The Labute approximate surface area is 556 Å². The van der Waals surface area contributed by atoms with E-state index < -0.39 is 47.0 Å². The minimum atomic E-state index is -4.96. The van der Waals surface area contributed by atoms with Crippen molar-refractivity contribution in [2.24, 2.45) is 11.8 Å². The Bertz CT molecular complexity index is 3270. The Morgan fingerprint density at radius 1 is 0.495 bits per heavy atom. The molecule has 0 unspecified atom stereocenters. The second-order valence-corrected chi connectivity index (χ2v) is 26.7. The molecule has 93 heavy (non-hydrogen) atoms. The van der Waals surface area contributed by atoms with Crippen LogP contribution >= 0.6 is 43.5 Å². The molecule has 2 aromatic heterocycles. The highest BCUT2D eigenvalue weighted by Crippen LogP contribution is 2.42. The summed E-state index contributed by atoms with van der Waals surface area (Å²) in [6.07, 6.45) is 1.77. The number of aromatic nitrogens is 4. The SMILES string of the molecule is CC[C@@H]1C[C@H](N(Cc2cc(C(F)(F)F)cc(C(F)(F)F)c2)c2ncc(Br)cn2)C[C@H](Cc2ccccc2)N1.CC[C@@H]1C[C@H](N(Cc2cc(C(F)(F)F)cc(C(F)(F)F)c2)c2ncc(Br)cn2)C[C@H](Cc2ccccc2)N1C(=O)C1CCCCC1.O=C(Cl)C1CCCCC1. The van der Waals surface area contributed by atoms with Crippen LogP contribution in [-0.2, 0) is 60.2 Å². The number of piperidine rings is 2. The van der Waals surface area contributed by atoms with E-state index in [1.54, 1.807) is 9.80 Å². The highest BCUT2D eigenvalue weighted by atomic mass is 79.9. The van der Waals surface area contributed by atoms with Gasteiger partial charge in [-0.3, -0.25) is 9.59 Å². The molecular weight excluding hydrogens is 1380 g/mol. The fraction of sp³-hybridized carbons (Fsp3) is 0.500. The highest BCUT2D eigenvalue weighted by Gasteiger charge is 2.44. The molecule has 2 aliphatic carbocycles. The van der Waals surface area contributed by atoms with E-state index in [1.807, 2.05) is 79.4 Å². The Morgan fingerprint density at radius 3 is 1.25 bits per heavy atom.